The lowest BCUT2D eigenvalue weighted by Gasteiger charge is -1.88. The fraction of sp³-hybridized carbons (Fsp3) is 0.300. The smallest absolute Gasteiger partial charge is 0.248 e. The number of rotatable bonds is 1. The number of hydrogen-bond acceptors (Lipinski definition) is 1. The van der Waals surface area contributed by atoms with Crippen molar-refractivity contribution in [2.75, 3.05) is 0 Å². The number of aromatic nitrogens is 1. The molecule has 0 aliphatic carbocycles. The van der Waals surface area contributed by atoms with Crippen LogP contribution < -0.4 is 16.1 Å². The number of hydrogen-bond donors (Lipinski definition) is 1. The van der Waals surface area contributed by atoms with Crippen LogP contribution in [0.3, 0.4) is 0 Å². The van der Waals surface area contributed by atoms with Crippen molar-refractivity contribution in [3.8, 4) is 0 Å². The number of H-pyrrole nitrogens is 1. The van der Waals surface area contributed by atoms with E-state index in [1.165, 1.54) is 0 Å². The fourth-order valence-electron chi connectivity index (χ4n) is 1.14. The van der Waals surface area contributed by atoms with Gasteiger partial charge in [-0.1, -0.05) is 19.1 Å². The summed E-state index contributed by atoms with van der Waals surface area (Å²) < 4.78 is 0. The molecule has 2 heteroatoms. The summed E-state index contributed by atoms with van der Waals surface area (Å²) in [6, 6.07) is 3.40. The van der Waals surface area contributed by atoms with Crippen molar-refractivity contribution in [1.82, 2.24) is 4.98 Å². The fourth-order valence-corrected chi connectivity index (χ4v) is 1.14. The minimum absolute atomic E-state index is 0.0450. The Bertz CT molecular complexity index is 414. The molecule has 1 aromatic heterocycles. The van der Waals surface area contributed by atoms with E-state index in [1.807, 2.05) is 19.1 Å². The molecule has 0 spiro atoms. The normalized spacial score (nSPS) is 13.8. The zero-order valence-corrected chi connectivity index (χ0v) is 7.42. The molecular weight excluding hydrogens is 150 g/mol. The van der Waals surface area contributed by atoms with Gasteiger partial charge in [0.15, 0.2) is 0 Å². The van der Waals surface area contributed by atoms with Crippen molar-refractivity contribution in [2.24, 2.45) is 0 Å². The van der Waals surface area contributed by atoms with Gasteiger partial charge in [-0.2, -0.15) is 0 Å². The Morgan fingerprint density at radius 2 is 2.25 bits per heavy atom. The molecule has 0 saturated heterocycles. The second-order valence-corrected chi connectivity index (χ2v) is 2.59. The Morgan fingerprint density at radius 3 is 2.83 bits per heavy atom. The lowest BCUT2D eigenvalue weighted by molar-refractivity contribution is 1.14. The molecule has 2 nitrogen and oxygen atoms in total. The van der Waals surface area contributed by atoms with Crippen LogP contribution in [0.25, 0.3) is 12.2 Å². The highest BCUT2D eigenvalue weighted by atomic mass is 16.1. The molecule has 1 rings (SSSR count). The second kappa shape index (κ2) is 3.90. The first-order valence-corrected chi connectivity index (χ1v) is 4.13. The van der Waals surface area contributed by atoms with Crippen LogP contribution in [0.4, 0.5) is 0 Å². The maximum atomic E-state index is 10.9. The minimum atomic E-state index is -0.0450. The summed E-state index contributed by atoms with van der Waals surface area (Å²) in [4.78, 5) is 13.7. The van der Waals surface area contributed by atoms with Crippen LogP contribution in [0.15, 0.2) is 16.9 Å². The molecule has 0 unspecified atom stereocenters. The highest BCUT2D eigenvalue weighted by Gasteiger charge is 1.84. The molecule has 1 heterocycles. The van der Waals surface area contributed by atoms with Gasteiger partial charge in [0.05, 0.1) is 0 Å². The summed E-state index contributed by atoms with van der Waals surface area (Å²) in [5.41, 5.74) is -0.0450. The number of nitrogens with one attached hydrogen (secondary N) is 1. The number of pyridine rings is 1. The predicted molar refractivity (Wildman–Crippen MR) is 51.2 cm³/mol. The third-order valence-corrected chi connectivity index (χ3v) is 1.70. The van der Waals surface area contributed by atoms with Gasteiger partial charge in [0, 0.05) is 11.4 Å². The van der Waals surface area contributed by atoms with Crippen LogP contribution in [0.1, 0.15) is 20.3 Å². The van der Waals surface area contributed by atoms with E-state index in [0.29, 0.717) is 0 Å². The van der Waals surface area contributed by atoms with E-state index < -0.39 is 0 Å². The molecule has 0 bridgehead atoms. The minimum Gasteiger partial charge on any atom is -0.322 e. The summed E-state index contributed by atoms with van der Waals surface area (Å²) in [5, 5.41) is 2.00. The van der Waals surface area contributed by atoms with Gasteiger partial charge in [-0.25, -0.2) is 0 Å². The Morgan fingerprint density at radius 1 is 1.50 bits per heavy atom. The quantitative estimate of drug-likeness (QED) is 0.637. The molecule has 1 N–H and O–H groups in total. The van der Waals surface area contributed by atoms with Crippen LogP contribution in [-0.2, 0) is 0 Å². The van der Waals surface area contributed by atoms with Crippen LogP contribution in [0, 0.1) is 0 Å². The standard InChI is InChI=1S/C10H13NO/c1-3-5-8-6-7-10(12)11-9(8)4-2/h4-7H,3H2,1-2H3,(H,11,12)/b8-5-,9-4+. The Labute approximate surface area is 71.3 Å². The molecule has 0 atom stereocenters. The molecule has 12 heavy (non-hydrogen) atoms. The molecule has 0 saturated carbocycles. The van der Waals surface area contributed by atoms with E-state index in [9.17, 15) is 4.79 Å². The van der Waals surface area contributed by atoms with E-state index >= 15 is 0 Å². The van der Waals surface area contributed by atoms with Crippen molar-refractivity contribution >= 4 is 12.2 Å². The first-order chi connectivity index (χ1) is 5.77. The summed E-state index contributed by atoms with van der Waals surface area (Å²) in [6.45, 7) is 3.99. The first-order valence-electron chi connectivity index (χ1n) is 4.13. The topological polar surface area (TPSA) is 32.9 Å². The van der Waals surface area contributed by atoms with Gasteiger partial charge in [-0.3, -0.25) is 4.79 Å². The Balaban J connectivity index is 3.52. The van der Waals surface area contributed by atoms with Crippen LogP contribution in [-0.4, -0.2) is 4.98 Å². The SMILES string of the molecule is C/C=c1/[nH]c(=O)cc/c1=C/CC. The van der Waals surface area contributed by atoms with Gasteiger partial charge >= 0.3 is 0 Å². The van der Waals surface area contributed by atoms with Gasteiger partial charge in [-0.05, 0) is 24.6 Å². The maximum Gasteiger partial charge on any atom is 0.248 e. The van der Waals surface area contributed by atoms with Gasteiger partial charge in [0.25, 0.3) is 0 Å². The average molecular weight is 163 g/mol. The second-order valence-electron chi connectivity index (χ2n) is 2.59. The van der Waals surface area contributed by atoms with Crippen LogP contribution in [0.5, 0.6) is 0 Å². The van der Waals surface area contributed by atoms with E-state index in [-0.39, 0.29) is 5.56 Å². The third kappa shape index (κ3) is 1.84. The third-order valence-electron chi connectivity index (χ3n) is 1.70. The van der Waals surface area contributed by atoms with Gasteiger partial charge in [-0.15, -0.1) is 0 Å². The van der Waals surface area contributed by atoms with Crippen molar-refractivity contribution in [1.29, 1.82) is 0 Å². The average Bonchev–Trinajstić information content (AvgIpc) is 2.08. The largest absolute Gasteiger partial charge is 0.322 e. The summed E-state index contributed by atoms with van der Waals surface area (Å²) in [7, 11) is 0. The Hall–Kier alpha value is -1.31. The molecule has 0 amide bonds. The van der Waals surface area contributed by atoms with Crippen LogP contribution in [0.2, 0.25) is 0 Å². The molecule has 0 aliphatic rings. The summed E-state index contributed by atoms with van der Waals surface area (Å²) in [6.07, 6.45) is 4.97. The van der Waals surface area contributed by atoms with Crippen molar-refractivity contribution in [2.45, 2.75) is 20.3 Å². The zero-order chi connectivity index (χ0) is 8.97. The Kier molecular flexibility index (Phi) is 2.86. The van der Waals surface area contributed by atoms with Crippen molar-refractivity contribution in [3.05, 3.63) is 33.1 Å². The molecule has 64 valence electrons. The monoisotopic (exact) mass is 163 g/mol. The van der Waals surface area contributed by atoms with Crippen molar-refractivity contribution < 1.29 is 0 Å². The van der Waals surface area contributed by atoms with Gasteiger partial charge in [0.2, 0.25) is 5.56 Å². The molecular formula is C10H13NO. The molecule has 0 aliphatic heterocycles. The summed E-state index contributed by atoms with van der Waals surface area (Å²) in [5.74, 6) is 0. The van der Waals surface area contributed by atoms with E-state index in [4.69, 9.17) is 0 Å². The van der Waals surface area contributed by atoms with E-state index in [2.05, 4.69) is 18.0 Å². The molecule has 0 radical (unpaired) electrons. The van der Waals surface area contributed by atoms with E-state index in [0.717, 1.165) is 17.0 Å². The number of aromatic amines is 1. The summed E-state index contributed by atoms with van der Waals surface area (Å²) >= 11 is 0. The highest BCUT2D eigenvalue weighted by molar-refractivity contribution is 5.26. The van der Waals surface area contributed by atoms with Gasteiger partial charge in [0.1, 0.15) is 0 Å². The predicted octanol–water partition coefficient (Wildman–Crippen LogP) is 0.366. The van der Waals surface area contributed by atoms with Gasteiger partial charge < -0.3 is 4.98 Å². The molecule has 0 aromatic carbocycles. The first kappa shape index (κ1) is 8.78. The maximum absolute atomic E-state index is 10.9. The highest BCUT2D eigenvalue weighted by Crippen LogP contribution is 1.72. The molecule has 1 aromatic rings. The lowest BCUT2D eigenvalue weighted by Crippen LogP contribution is -2.33. The van der Waals surface area contributed by atoms with Crippen molar-refractivity contribution in [3.63, 3.8) is 0 Å². The zero-order valence-electron chi connectivity index (χ0n) is 7.42. The van der Waals surface area contributed by atoms with Crippen LogP contribution >= 0.6 is 0 Å². The molecule has 0 fully saturated rings. The van der Waals surface area contributed by atoms with E-state index in [1.54, 1.807) is 6.07 Å². The lowest BCUT2D eigenvalue weighted by atomic mass is 10.3.